The van der Waals surface area contributed by atoms with Gasteiger partial charge in [0.25, 0.3) is 0 Å². The van der Waals surface area contributed by atoms with Crippen molar-refractivity contribution < 1.29 is 8.42 Å². The lowest BCUT2D eigenvalue weighted by Gasteiger charge is -2.22. The summed E-state index contributed by atoms with van der Waals surface area (Å²) in [6, 6.07) is 20.0. The molecule has 2 N–H and O–H groups in total. The third kappa shape index (κ3) is 5.81. The minimum atomic E-state index is -3.35. The van der Waals surface area contributed by atoms with E-state index in [1.807, 2.05) is 36.4 Å². The first kappa shape index (κ1) is 20.4. The number of nitrogens with zero attached hydrogens (tertiary/aromatic N) is 2. The largest absolute Gasteiger partial charge is 0.355 e. The van der Waals surface area contributed by atoms with E-state index in [9.17, 15) is 8.42 Å². The van der Waals surface area contributed by atoms with Gasteiger partial charge in [0.05, 0.1) is 5.75 Å². The van der Waals surface area contributed by atoms with E-state index in [1.54, 1.807) is 7.05 Å². The first-order valence-electron chi connectivity index (χ1n) is 9.59. The van der Waals surface area contributed by atoms with Crippen LogP contribution in [-0.2, 0) is 16.6 Å². The first-order valence-corrected chi connectivity index (χ1v) is 11.2. The molecule has 0 radical (unpaired) electrons. The number of hydrogen-bond acceptors (Lipinski definition) is 3. The van der Waals surface area contributed by atoms with Gasteiger partial charge in [-0.1, -0.05) is 60.7 Å². The molecule has 0 aliphatic carbocycles. The molecule has 0 aromatic heterocycles. The Morgan fingerprint density at radius 1 is 1.11 bits per heavy atom. The number of guanidine groups is 1. The van der Waals surface area contributed by atoms with Gasteiger partial charge in [-0.15, -0.1) is 0 Å². The summed E-state index contributed by atoms with van der Waals surface area (Å²) in [5.74, 6) is 1.25. The van der Waals surface area contributed by atoms with E-state index in [-0.39, 0.29) is 5.75 Å². The van der Waals surface area contributed by atoms with Crippen molar-refractivity contribution in [2.45, 2.75) is 18.9 Å². The molecule has 1 saturated heterocycles. The molecule has 6 nitrogen and oxygen atoms in total. The molecule has 1 aliphatic rings. The van der Waals surface area contributed by atoms with Crippen molar-refractivity contribution in [3.8, 4) is 0 Å². The fraction of sp³-hybridized carbons (Fsp3) is 0.381. The standard InChI is InChI=1S/C21H28N4O2S/c1-22-21(25-14-12-20(17-25)19-10-6-3-7-11-19)23-13-15-28(26,27)24-16-18-8-4-2-5-9-18/h2-11,20,24H,12-17H2,1H3,(H,22,23). The minimum Gasteiger partial charge on any atom is -0.355 e. The molecule has 2 aromatic rings. The van der Waals surface area contributed by atoms with Crippen LogP contribution in [0.4, 0.5) is 0 Å². The van der Waals surface area contributed by atoms with Gasteiger partial charge in [-0.25, -0.2) is 13.1 Å². The second-order valence-electron chi connectivity index (χ2n) is 6.94. The lowest BCUT2D eigenvalue weighted by molar-refractivity contribution is 0.488. The van der Waals surface area contributed by atoms with Crippen LogP contribution in [0.25, 0.3) is 0 Å². The molecule has 0 saturated carbocycles. The van der Waals surface area contributed by atoms with Gasteiger partial charge in [0, 0.05) is 39.1 Å². The van der Waals surface area contributed by atoms with E-state index in [2.05, 4.69) is 44.2 Å². The Morgan fingerprint density at radius 2 is 1.79 bits per heavy atom. The molecule has 1 unspecified atom stereocenters. The lowest BCUT2D eigenvalue weighted by Crippen LogP contribution is -2.42. The van der Waals surface area contributed by atoms with Crippen LogP contribution < -0.4 is 10.0 Å². The zero-order chi connectivity index (χ0) is 19.8. The molecule has 1 heterocycles. The average Bonchev–Trinajstić information content (AvgIpc) is 3.21. The topological polar surface area (TPSA) is 73.8 Å². The Morgan fingerprint density at radius 3 is 2.46 bits per heavy atom. The second-order valence-corrected chi connectivity index (χ2v) is 8.87. The predicted molar refractivity (Wildman–Crippen MR) is 114 cm³/mol. The van der Waals surface area contributed by atoms with Crippen molar-refractivity contribution in [3.05, 3.63) is 71.8 Å². The molecule has 0 spiro atoms. The first-order chi connectivity index (χ1) is 13.6. The van der Waals surface area contributed by atoms with E-state index in [1.165, 1.54) is 5.56 Å². The Hall–Kier alpha value is -2.38. The highest BCUT2D eigenvalue weighted by atomic mass is 32.2. The fourth-order valence-corrected chi connectivity index (χ4v) is 4.34. The number of likely N-dealkylation sites (tertiary alicyclic amines) is 1. The zero-order valence-corrected chi connectivity index (χ0v) is 17.0. The highest BCUT2D eigenvalue weighted by Gasteiger charge is 2.26. The molecular formula is C21H28N4O2S. The van der Waals surface area contributed by atoms with Crippen LogP contribution in [-0.4, -0.2) is 51.7 Å². The van der Waals surface area contributed by atoms with Gasteiger partial charge in [0.1, 0.15) is 0 Å². The van der Waals surface area contributed by atoms with Gasteiger partial charge < -0.3 is 10.2 Å². The molecule has 0 amide bonds. The highest BCUT2D eigenvalue weighted by Crippen LogP contribution is 2.26. The quantitative estimate of drug-likeness (QED) is 0.552. The normalized spacial score (nSPS) is 17.7. The summed E-state index contributed by atoms with van der Waals surface area (Å²) in [5, 5.41) is 3.19. The maximum atomic E-state index is 12.2. The Labute approximate surface area is 167 Å². The molecule has 2 aromatic carbocycles. The fourth-order valence-electron chi connectivity index (χ4n) is 3.44. The van der Waals surface area contributed by atoms with E-state index in [0.717, 1.165) is 31.0 Å². The van der Waals surface area contributed by atoms with Crippen molar-refractivity contribution in [2.75, 3.05) is 32.4 Å². The van der Waals surface area contributed by atoms with Crippen molar-refractivity contribution >= 4 is 16.0 Å². The summed E-state index contributed by atoms with van der Waals surface area (Å²) in [4.78, 5) is 6.52. The van der Waals surface area contributed by atoms with Crippen LogP contribution in [0.3, 0.4) is 0 Å². The molecule has 1 fully saturated rings. The third-order valence-corrected chi connectivity index (χ3v) is 6.29. The maximum Gasteiger partial charge on any atom is 0.213 e. The van der Waals surface area contributed by atoms with Crippen LogP contribution >= 0.6 is 0 Å². The van der Waals surface area contributed by atoms with E-state index in [0.29, 0.717) is 19.0 Å². The minimum absolute atomic E-state index is 0.00874. The summed E-state index contributed by atoms with van der Waals surface area (Å²) in [7, 11) is -1.61. The van der Waals surface area contributed by atoms with Crippen molar-refractivity contribution in [1.82, 2.24) is 14.9 Å². The van der Waals surface area contributed by atoms with Gasteiger partial charge in [-0.05, 0) is 17.5 Å². The Kier molecular flexibility index (Phi) is 7.06. The number of nitrogens with one attached hydrogen (secondary N) is 2. The number of benzene rings is 2. The second kappa shape index (κ2) is 9.71. The predicted octanol–water partition coefficient (Wildman–Crippen LogP) is 2.17. The van der Waals surface area contributed by atoms with Crippen molar-refractivity contribution in [2.24, 2.45) is 4.99 Å². The highest BCUT2D eigenvalue weighted by molar-refractivity contribution is 7.89. The summed E-state index contributed by atoms with van der Waals surface area (Å²) in [6.07, 6.45) is 1.07. The molecule has 1 aliphatic heterocycles. The van der Waals surface area contributed by atoms with Crippen molar-refractivity contribution in [3.63, 3.8) is 0 Å². The summed E-state index contributed by atoms with van der Waals surface area (Å²) in [6.45, 7) is 2.44. The monoisotopic (exact) mass is 400 g/mol. The number of sulfonamides is 1. The lowest BCUT2D eigenvalue weighted by atomic mass is 9.99. The maximum absolute atomic E-state index is 12.2. The average molecular weight is 401 g/mol. The number of rotatable bonds is 7. The van der Waals surface area contributed by atoms with Crippen LogP contribution in [0.2, 0.25) is 0 Å². The smallest absolute Gasteiger partial charge is 0.213 e. The number of hydrogen-bond donors (Lipinski definition) is 2. The van der Waals surface area contributed by atoms with Gasteiger partial charge in [0.15, 0.2) is 5.96 Å². The summed E-state index contributed by atoms with van der Waals surface area (Å²) >= 11 is 0. The van der Waals surface area contributed by atoms with Gasteiger partial charge in [0.2, 0.25) is 10.0 Å². The molecule has 1 atom stereocenters. The number of aliphatic imine (C=N–C) groups is 1. The molecular weight excluding hydrogens is 372 g/mol. The SMILES string of the molecule is CN=C(NCCS(=O)(=O)NCc1ccccc1)N1CCC(c2ccccc2)C1. The van der Waals surface area contributed by atoms with Crippen LogP contribution in [0.5, 0.6) is 0 Å². The van der Waals surface area contributed by atoms with Crippen LogP contribution in [0, 0.1) is 0 Å². The Balaban J connectivity index is 1.45. The molecule has 0 bridgehead atoms. The van der Waals surface area contributed by atoms with Gasteiger partial charge >= 0.3 is 0 Å². The van der Waals surface area contributed by atoms with Gasteiger partial charge in [-0.2, -0.15) is 0 Å². The van der Waals surface area contributed by atoms with Crippen molar-refractivity contribution in [1.29, 1.82) is 0 Å². The van der Waals surface area contributed by atoms with Gasteiger partial charge in [-0.3, -0.25) is 4.99 Å². The van der Waals surface area contributed by atoms with E-state index < -0.39 is 10.0 Å². The molecule has 3 rings (SSSR count). The molecule has 150 valence electrons. The molecule has 28 heavy (non-hydrogen) atoms. The van der Waals surface area contributed by atoms with E-state index in [4.69, 9.17) is 0 Å². The summed E-state index contributed by atoms with van der Waals surface area (Å²) in [5.41, 5.74) is 2.28. The Bertz CT molecular complexity index is 870. The van der Waals surface area contributed by atoms with Crippen LogP contribution in [0.1, 0.15) is 23.5 Å². The third-order valence-electron chi connectivity index (χ3n) is 4.96. The van der Waals surface area contributed by atoms with E-state index >= 15 is 0 Å². The van der Waals surface area contributed by atoms with Crippen LogP contribution in [0.15, 0.2) is 65.7 Å². The molecule has 7 heteroatoms. The summed E-state index contributed by atoms with van der Waals surface area (Å²) < 4.78 is 27.1. The zero-order valence-electron chi connectivity index (χ0n) is 16.2.